The summed E-state index contributed by atoms with van der Waals surface area (Å²) >= 11 is 1.28. The predicted molar refractivity (Wildman–Crippen MR) is 69.8 cm³/mol. The summed E-state index contributed by atoms with van der Waals surface area (Å²) in [6, 6.07) is 5.48. The van der Waals surface area contributed by atoms with Gasteiger partial charge in [0.1, 0.15) is 16.6 Å². The summed E-state index contributed by atoms with van der Waals surface area (Å²) in [4.78, 5) is 11.8. The number of amides is 1. The van der Waals surface area contributed by atoms with Crippen LogP contribution in [-0.2, 0) is 4.79 Å². The van der Waals surface area contributed by atoms with E-state index in [1.54, 1.807) is 13.8 Å². The second-order valence-corrected chi connectivity index (χ2v) is 5.01. The maximum absolute atomic E-state index is 12.7. The van der Waals surface area contributed by atoms with Crippen LogP contribution in [0.5, 0.6) is 5.75 Å². The molecule has 0 aliphatic carbocycles. The third kappa shape index (κ3) is 3.72. The van der Waals surface area contributed by atoms with Crippen molar-refractivity contribution >= 4 is 22.4 Å². The van der Waals surface area contributed by atoms with E-state index in [1.165, 1.54) is 35.6 Å². The number of rotatable bonds is 4. The quantitative estimate of drug-likeness (QED) is 0.934. The number of benzene rings is 1. The van der Waals surface area contributed by atoms with Crippen molar-refractivity contribution in [3.63, 3.8) is 0 Å². The lowest BCUT2D eigenvalue weighted by Gasteiger charge is -2.13. The Labute approximate surface area is 113 Å². The largest absolute Gasteiger partial charge is 0.481 e. The van der Waals surface area contributed by atoms with E-state index in [4.69, 9.17) is 4.74 Å². The summed E-state index contributed by atoms with van der Waals surface area (Å²) in [5, 5.41) is 11.4. The summed E-state index contributed by atoms with van der Waals surface area (Å²) in [5.41, 5.74) is 0. The molecule has 1 amide bonds. The molecule has 0 aliphatic heterocycles. The molecule has 2 rings (SSSR count). The van der Waals surface area contributed by atoms with Crippen molar-refractivity contribution in [2.45, 2.75) is 20.0 Å². The molecule has 1 aromatic carbocycles. The van der Waals surface area contributed by atoms with Crippen LogP contribution < -0.4 is 10.1 Å². The van der Waals surface area contributed by atoms with Gasteiger partial charge in [-0.1, -0.05) is 11.3 Å². The molecule has 7 heteroatoms. The zero-order valence-corrected chi connectivity index (χ0v) is 11.2. The Kier molecular flexibility index (Phi) is 4.06. The Bertz CT molecular complexity index is 571. The molecular formula is C12H12FN3O2S. The SMILES string of the molecule is Cc1nnc(NC(=O)C(C)Oc2ccc(F)cc2)s1. The first-order chi connectivity index (χ1) is 9.04. The van der Waals surface area contributed by atoms with Gasteiger partial charge in [-0.05, 0) is 38.1 Å². The molecule has 0 fully saturated rings. The molecule has 100 valence electrons. The number of carbonyl (C=O) groups excluding carboxylic acids is 1. The van der Waals surface area contributed by atoms with E-state index in [-0.39, 0.29) is 11.7 Å². The number of ether oxygens (including phenoxy) is 1. The number of halogens is 1. The molecule has 1 aromatic heterocycles. The van der Waals surface area contributed by atoms with Gasteiger partial charge < -0.3 is 4.74 Å². The fourth-order valence-corrected chi connectivity index (χ4v) is 1.92. The lowest BCUT2D eigenvalue weighted by molar-refractivity contribution is -0.122. The van der Waals surface area contributed by atoms with Gasteiger partial charge >= 0.3 is 0 Å². The van der Waals surface area contributed by atoms with Gasteiger partial charge in [-0.2, -0.15) is 0 Å². The van der Waals surface area contributed by atoms with Crippen molar-refractivity contribution in [2.75, 3.05) is 5.32 Å². The first-order valence-electron chi connectivity index (χ1n) is 5.58. The van der Waals surface area contributed by atoms with Gasteiger partial charge in [0, 0.05) is 0 Å². The van der Waals surface area contributed by atoms with E-state index < -0.39 is 6.10 Å². The molecule has 0 saturated carbocycles. The molecule has 1 N–H and O–H groups in total. The third-order valence-corrected chi connectivity index (χ3v) is 3.01. The van der Waals surface area contributed by atoms with E-state index in [0.717, 1.165) is 5.01 Å². The molecular weight excluding hydrogens is 269 g/mol. The molecule has 5 nitrogen and oxygen atoms in total. The maximum atomic E-state index is 12.7. The Morgan fingerprint density at radius 2 is 2.05 bits per heavy atom. The Balaban J connectivity index is 1.94. The lowest BCUT2D eigenvalue weighted by atomic mass is 10.3. The van der Waals surface area contributed by atoms with Crippen molar-refractivity contribution in [1.29, 1.82) is 0 Å². The van der Waals surface area contributed by atoms with Crippen LogP contribution >= 0.6 is 11.3 Å². The molecule has 2 aromatic rings. The number of carbonyl (C=O) groups is 1. The highest BCUT2D eigenvalue weighted by Gasteiger charge is 2.16. The number of nitrogens with one attached hydrogen (secondary N) is 1. The Morgan fingerprint density at radius 1 is 1.37 bits per heavy atom. The fraction of sp³-hybridized carbons (Fsp3) is 0.250. The lowest BCUT2D eigenvalue weighted by Crippen LogP contribution is -2.30. The summed E-state index contributed by atoms with van der Waals surface area (Å²) in [6.07, 6.45) is -0.713. The summed E-state index contributed by atoms with van der Waals surface area (Å²) in [5.74, 6) is -0.258. The third-order valence-electron chi connectivity index (χ3n) is 2.25. The molecule has 19 heavy (non-hydrogen) atoms. The highest BCUT2D eigenvalue weighted by molar-refractivity contribution is 7.15. The van der Waals surface area contributed by atoms with Gasteiger partial charge in [0.05, 0.1) is 0 Å². The van der Waals surface area contributed by atoms with Gasteiger partial charge in [-0.3, -0.25) is 10.1 Å². The second kappa shape index (κ2) is 5.75. The van der Waals surface area contributed by atoms with Crippen molar-refractivity contribution in [3.05, 3.63) is 35.1 Å². The van der Waals surface area contributed by atoms with Crippen LogP contribution in [0.4, 0.5) is 9.52 Å². The van der Waals surface area contributed by atoms with Crippen LogP contribution in [0.1, 0.15) is 11.9 Å². The van der Waals surface area contributed by atoms with Gasteiger partial charge in [0.15, 0.2) is 6.10 Å². The Morgan fingerprint density at radius 3 is 2.63 bits per heavy atom. The van der Waals surface area contributed by atoms with E-state index >= 15 is 0 Å². The highest BCUT2D eigenvalue weighted by Crippen LogP contribution is 2.16. The number of aromatic nitrogens is 2. The monoisotopic (exact) mass is 281 g/mol. The van der Waals surface area contributed by atoms with Crippen LogP contribution in [0.25, 0.3) is 0 Å². The van der Waals surface area contributed by atoms with Crippen LogP contribution in [-0.4, -0.2) is 22.2 Å². The molecule has 0 radical (unpaired) electrons. The molecule has 0 bridgehead atoms. The molecule has 1 atom stereocenters. The number of nitrogens with zero attached hydrogens (tertiary/aromatic N) is 2. The summed E-state index contributed by atoms with van der Waals surface area (Å²) < 4.78 is 18.1. The zero-order chi connectivity index (χ0) is 13.8. The van der Waals surface area contributed by atoms with E-state index in [2.05, 4.69) is 15.5 Å². The smallest absolute Gasteiger partial charge is 0.266 e. The number of anilines is 1. The minimum atomic E-state index is -0.713. The summed E-state index contributed by atoms with van der Waals surface area (Å²) in [7, 11) is 0. The number of hydrogen-bond acceptors (Lipinski definition) is 5. The average Bonchev–Trinajstić information content (AvgIpc) is 2.77. The van der Waals surface area contributed by atoms with Gasteiger partial charge in [-0.15, -0.1) is 10.2 Å². The van der Waals surface area contributed by atoms with E-state index in [0.29, 0.717) is 10.9 Å². The van der Waals surface area contributed by atoms with Crippen molar-refractivity contribution < 1.29 is 13.9 Å². The number of aryl methyl sites for hydroxylation is 1. The minimum Gasteiger partial charge on any atom is -0.481 e. The predicted octanol–water partition coefficient (Wildman–Crippen LogP) is 2.39. The molecule has 1 unspecified atom stereocenters. The Hall–Kier alpha value is -2.02. The van der Waals surface area contributed by atoms with Gasteiger partial charge in [0.2, 0.25) is 5.13 Å². The minimum absolute atomic E-state index is 0.333. The van der Waals surface area contributed by atoms with Crippen LogP contribution in [0.2, 0.25) is 0 Å². The zero-order valence-electron chi connectivity index (χ0n) is 10.4. The molecule has 0 aliphatic rings. The van der Waals surface area contributed by atoms with Crippen molar-refractivity contribution in [1.82, 2.24) is 10.2 Å². The van der Waals surface area contributed by atoms with Gasteiger partial charge in [-0.25, -0.2) is 4.39 Å². The highest BCUT2D eigenvalue weighted by atomic mass is 32.1. The van der Waals surface area contributed by atoms with Crippen LogP contribution in [0.15, 0.2) is 24.3 Å². The second-order valence-electron chi connectivity index (χ2n) is 3.83. The molecule has 0 saturated heterocycles. The van der Waals surface area contributed by atoms with Crippen molar-refractivity contribution in [2.24, 2.45) is 0 Å². The molecule has 1 heterocycles. The van der Waals surface area contributed by atoms with E-state index in [1.807, 2.05) is 0 Å². The maximum Gasteiger partial charge on any atom is 0.266 e. The number of hydrogen-bond donors (Lipinski definition) is 1. The van der Waals surface area contributed by atoms with E-state index in [9.17, 15) is 9.18 Å². The van der Waals surface area contributed by atoms with Gasteiger partial charge in [0.25, 0.3) is 5.91 Å². The first kappa shape index (κ1) is 13.4. The average molecular weight is 281 g/mol. The van der Waals surface area contributed by atoms with Crippen LogP contribution in [0, 0.1) is 12.7 Å². The topological polar surface area (TPSA) is 64.1 Å². The fourth-order valence-electron chi connectivity index (χ4n) is 1.32. The van der Waals surface area contributed by atoms with Crippen molar-refractivity contribution in [3.8, 4) is 5.75 Å². The van der Waals surface area contributed by atoms with Crippen LogP contribution in [0.3, 0.4) is 0 Å². The first-order valence-corrected chi connectivity index (χ1v) is 6.39. The molecule has 0 spiro atoms. The standard InChI is InChI=1S/C12H12FN3O2S/c1-7(18-10-5-3-9(13)4-6-10)11(17)14-12-16-15-8(2)19-12/h3-7H,1-2H3,(H,14,16,17). The summed E-state index contributed by atoms with van der Waals surface area (Å²) in [6.45, 7) is 3.40. The normalized spacial score (nSPS) is 11.9.